The lowest BCUT2D eigenvalue weighted by Crippen LogP contribution is -2.24. The summed E-state index contributed by atoms with van der Waals surface area (Å²) in [5, 5.41) is 0. The van der Waals surface area contributed by atoms with Crippen molar-refractivity contribution >= 4 is 17.0 Å². The van der Waals surface area contributed by atoms with Crippen molar-refractivity contribution in [2.24, 2.45) is 5.92 Å². The zero-order valence-corrected chi connectivity index (χ0v) is 11.3. The molecule has 102 valence electrons. The van der Waals surface area contributed by atoms with Gasteiger partial charge in [0.05, 0.1) is 11.0 Å². The summed E-state index contributed by atoms with van der Waals surface area (Å²) in [6.45, 7) is 2.22. The van der Waals surface area contributed by atoms with Crippen molar-refractivity contribution in [2.45, 2.75) is 45.1 Å². The third kappa shape index (κ3) is 2.09. The van der Waals surface area contributed by atoms with E-state index in [1.54, 1.807) is 12.1 Å². The molecule has 19 heavy (non-hydrogen) atoms. The van der Waals surface area contributed by atoms with Crippen LogP contribution in [0.15, 0.2) is 18.2 Å². The van der Waals surface area contributed by atoms with Crippen LogP contribution in [0.5, 0.6) is 0 Å². The number of nitrogens with zero attached hydrogens (tertiary/aromatic N) is 2. The Morgan fingerprint density at radius 3 is 2.95 bits per heavy atom. The number of aromatic nitrogens is 2. The zero-order chi connectivity index (χ0) is 13.4. The summed E-state index contributed by atoms with van der Waals surface area (Å²) in [6, 6.07) is 5.07. The first-order valence-electron chi connectivity index (χ1n) is 7.13. The second-order valence-corrected chi connectivity index (χ2v) is 5.49. The second-order valence-electron chi connectivity index (χ2n) is 5.49. The van der Waals surface area contributed by atoms with Gasteiger partial charge in [0.15, 0.2) is 0 Å². The Labute approximate surface area is 112 Å². The Hall–Kier alpha value is -1.58. The standard InChI is InChI=1S/C15H20FN3/c1-2-10-5-3-4-6-13(10)19-14-9-11(16)7-8-12(14)18-15(19)17/h7-10,13H,2-6H2,1H3,(H2,17,18). The van der Waals surface area contributed by atoms with E-state index in [2.05, 4.69) is 16.5 Å². The van der Waals surface area contributed by atoms with Crippen LogP contribution in [-0.4, -0.2) is 9.55 Å². The molecule has 1 heterocycles. The third-order valence-electron chi connectivity index (χ3n) is 4.40. The molecule has 2 N–H and O–H groups in total. The minimum Gasteiger partial charge on any atom is -0.369 e. The zero-order valence-electron chi connectivity index (χ0n) is 11.3. The average Bonchev–Trinajstić information content (AvgIpc) is 2.74. The molecule has 3 rings (SSSR count). The van der Waals surface area contributed by atoms with E-state index >= 15 is 0 Å². The summed E-state index contributed by atoms with van der Waals surface area (Å²) in [5.41, 5.74) is 7.71. The average molecular weight is 261 g/mol. The summed E-state index contributed by atoms with van der Waals surface area (Å²) in [7, 11) is 0. The van der Waals surface area contributed by atoms with E-state index in [1.165, 1.54) is 25.3 Å². The van der Waals surface area contributed by atoms with E-state index in [0.717, 1.165) is 23.9 Å². The number of nitrogen functional groups attached to an aromatic ring is 1. The van der Waals surface area contributed by atoms with Crippen molar-refractivity contribution in [1.82, 2.24) is 9.55 Å². The molecular formula is C15H20FN3. The number of nitrogens with two attached hydrogens (primary N) is 1. The molecule has 1 aromatic heterocycles. The van der Waals surface area contributed by atoms with Gasteiger partial charge in [-0.3, -0.25) is 0 Å². The Balaban J connectivity index is 2.12. The van der Waals surface area contributed by atoms with Crippen LogP contribution in [0.25, 0.3) is 11.0 Å². The lowest BCUT2D eigenvalue weighted by Gasteiger charge is -2.32. The molecule has 4 heteroatoms. The lowest BCUT2D eigenvalue weighted by atomic mass is 9.82. The molecule has 0 saturated heterocycles. The largest absolute Gasteiger partial charge is 0.369 e. The molecular weight excluding hydrogens is 241 g/mol. The Kier molecular flexibility index (Phi) is 3.17. The number of imidazole rings is 1. The van der Waals surface area contributed by atoms with Crippen LogP contribution < -0.4 is 5.73 Å². The van der Waals surface area contributed by atoms with E-state index < -0.39 is 0 Å². The molecule has 0 spiro atoms. The van der Waals surface area contributed by atoms with Gasteiger partial charge >= 0.3 is 0 Å². The van der Waals surface area contributed by atoms with Crippen LogP contribution in [0.4, 0.5) is 10.3 Å². The van der Waals surface area contributed by atoms with E-state index in [4.69, 9.17) is 5.73 Å². The number of halogens is 1. The molecule has 1 aliphatic carbocycles. The molecule has 2 unspecified atom stereocenters. The van der Waals surface area contributed by atoms with Crippen LogP contribution in [0.3, 0.4) is 0 Å². The molecule has 1 fully saturated rings. The van der Waals surface area contributed by atoms with Crippen molar-refractivity contribution in [3.05, 3.63) is 24.0 Å². The summed E-state index contributed by atoms with van der Waals surface area (Å²) in [5.74, 6) is 0.917. The second kappa shape index (κ2) is 4.83. The van der Waals surface area contributed by atoms with Gasteiger partial charge in [0.1, 0.15) is 5.82 Å². The highest BCUT2D eigenvalue weighted by molar-refractivity contribution is 5.78. The fourth-order valence-electron chi connectivity index (χ4n) is 3.44. The summed E-state index contributed by atoms with van der Waals surface area (Å²) in [6.07, 6.45) is 5.99. The summed E-state index contributed by atoms with van der Waals surface area (Å²) < 4.78 is 15.6. The molecule has 2 aromatic rings. The van der Waals surface area contributed by atoms with Crippen molar-refractivity contribution in [2.75, 3.05) is 5.73 Å². The van der Waals surface area contributed by atoms with Crippen molar-refractivity contribution in [3.63, 3.8) is 0 Å². The quantitative estimate of drug-likeness (QED) is 0.891. The minimum atomic E-state index is -0.225. The van der Waals surface area contributed by atoms with E-state index in [0.29, 0.717) is 17.9 Å². The Bertz CT molecular complexity index is 590. The number of rotatable bonds is 2. The first-order valence-corrected chi connectivity index (χ1v) is 7.13. The number of benzene rings is 1. The van der Waals surface area contributed by atoms with Crippen LogP contribution in [-0.2, 0) is 0 Å². The maximum Gasteiger partial charge on any atom is 0.201 e. The van der Waals surface area contributed by atoms with Crippen molar-refractivity contribution in [1.29, 1.82) is 0 Å². The fraction of sp³-hybridized carbons (Fsp3) is 0.533. The Morgan fingerprint density at radius 1 is 1.37 bits per heavy atom. The number of anilines is 1. The molecule has 0 radical (unpaired) electrons. The van der Waals surface area contributed by atoms with Gasteiger partial charge in [-0.25, -0.2) is 9.37 Å². The fourth-order valence-corrected chi connectivity index (χ4v) is 3.44. The van der Waals surface area contributed by atoms with E-state index in [-0.39, 0.29) is 5.82 Å². The van der Waals surface area contributed by atoms with Crippen LogP contribution >= 0.6 is 0 Å². The van der Waals surface area contributed by atoms with Crippen LogP contribution in [0, 0.1) is 11.7 Å². The first-order chi connectivity index (χ1) is 9.20. The number of fused-ring (bicyclic) bond motifs is 1. The maximum atomic E-state index is 13.5. The van der Waals surface area contributed by atoms with Crippen LogP contribution in [0.1, 0.15) is 45.1 Å². The first kappa shape index (κ1) is 12.5. The summed E-state index contributed by atoms with van der Waals surface area (Å²) in [4.78, 5) is 4.37. The molecule has 1 aromatic carbocycles. The molecule has 3 nitrogen and oxygen atoms in total. The van der Waals surface area contributed by atoms with Crippen molar-refractivity contribution in [3.8, 4) is 0 Å². The molecule has 2 atom stereocenters. The van der Waals surface area contributed by atoms with Gasteiger partial charge < -0.3 is 10.3 Å². The summed E-state index contributed by atoms with van der Waals surface area (Å²) >= 11 is 0. The van der Waals surface area contributed by atoms with E-state index in [1.807, 2.05) is 0 Å². The van der Waals surface area contributed by atoms with Gasteiger partial charge in [0.2, 0.25) is 5.95 Å². The lowest BCUT2D eigenvalue weighted by molar-refractivity contribution is 0.239. The van der Waals surface area contributed by atoms with Gasteiger partial charge in [-0.2, -0.15) is 0 Å². The van der Waals surface area contributed by atoms with Crippen molar-refractivity contribution < 1.29 is 4.39 Å². The topological polar surface area (TPSA) is 43.8 Å². The molecule has 1 saturated carbocycles. The minimum absolute atomic E-state index is 0.225. The van der Waals surface area contributed by atoms with Gasteiger partial charge in [-0.05, 0) is 37.0 Å². The van der Waals surface area contributed by atoms with Gasteiger partial charge in [-0.15, -0.1) is 0 Å². The maximum absolute atomic E-state index is 13.5. The third-order valence-corrected chi connectivity index (χ3v) is 4.40. The molecule has 0 aliphatic heterocycles. The highest BCUT2D eigenvalue weighted by atomic mass is 19.1. The molecule has 1 aliphatic rings. The smallest absolute Gasteiger partial charge is 0.201 e. The van der Waals surface area contributed by atoms with Gasteiger partial charge in [0, 0.05) is 6.04 Å². The highest BCUT2D eigenvalue weighted by Gasteiger charge is 2.28. The highest BCUT2D eigenvalue weighted by Crippen LogP contribution is 2.39. The SMILES string of the molecule is CCC1CCCCC1n1c(N)nc2ccc(F)cc21. The monoisotopic (exact) mass is 261 g/mol. The predicted octanol–water partition coefficient (Wildman–Crippen LogP) is 3.90. The molecule has 0 amide bonds. The Morgan fingerprint density at radius 2 is 2.16 bits per heavy atom. The normalized spacial score (nSPS) is 23.9. The predicted molar refractivity (Wildman–Crippen MR) is 75.4 cm³/mol. The molecule has 0 bridgehead atoms. The van der Waals surface area contributed by atoms with E-state index in [9.17, 15) is 4.39 Å². The van der Waals surface area contributed by atoms with Gasteiger partial charge in [-0.1, -0.05) is 26.2 Å². The van der Waals surface area contributed by atoms with Crippen LogP contribution in [0.2, 0.25) is 0 Å². The number of hydrogen-bond acceptors (Lipinski definition) is 2. The van der Waals surface area contributed by atoms with Gasteiger partial charge in [0.25, 0.3) is 0 Å². The number of hydrogen-bond donors (Lipinski definition) is 1.